The van der Waals surface area contributed by atoms with Gasteiger partial charge in [0.25, 0.3) is 0 Å². The molecule has 4 nitrogen and oxygen atoms in total. The van der Waals surface area contributed by atoms with Crippen LogP contribution in [0.1, 0.15) is 32.6 Å². The Morgan fingerprint density at radius 1 is 1.69 bits per heavy atom. The summed E-state index contributed by atoms with van der Waals surface area (Å²) in [4.78, 5) is 11.3. The molecule has 76 valence electrons. The van der Waals surface area contributed by atoms with Crippen LogP contribution in [0.15, 0.2) is 0 Å². The number of aliphatic hydroxyl groups excluding tert-OH is 1. The lowest BCUT2D eigenvalue weighted by atomic mass is 9.77. The van der Waals surface area contributed by atoms with Crippen LogP contribution in [0.2, 0.25) is 0 Å². The predicted octanol–water partition coefficient (Wildman–Crippen LogP) is -0.245. The summed E-state index contributed by atoms with van der Waals surface area (Å²) in [6.07, 6.45) is 3.18. The Kier molecular flexibility index (Phi) is 3.27. The van der Waals surface area contributed by atoms with E-state index in [2.05, 4.69) is 5.32 Å². The van der Waals surface area contributed by atoms with Crippen LogP contribution < -0.4 is 11.1 Å². The normalized spacial score (nSPS) is 21.8. The highest BCUT2D eigenvalue weighted by Crippen LogP contribution is 2.31. The zero-order valence-corrected chi connectivity index (χ0v) is 8.05. The number of rotatable bonds is 4. The Hall–Kier alpha value is -0.610. The summed E-state index contributed by atoms with van der Waals surface area (Å²) >= 11 is 0. The molecule has 4 heteroatoms. The van der Waals surface area contributed by atoms with Gasteiger partial charge in [-0.05, 0) is 26.2 Å². The predicted molar refractivity (Wildman–Crippen MR) is 50.1 cm³/mol. The SMILES string of the molecule is CC(N)CC(=O)NC1(CO)CCC1. The highest BCUT2D eigenvalue weighted by atomic mass is 16.3. The second-order valence-electron chi connectivity index (χ2n) is 4.02. The molecule has 1 rings (SSSR count). The molecule has 1 aliphatic carbocycles. The fourth-order valence-electron chi connectivity index (χ4n) is 1.57. The van der Waals surface area contributed by atoms with Crippen molar-refractivity contribution in [3.8, 4) is 0 Å². The summed E-state index contributed by atoms with van der Waals surface area (Å²) in [7, 11) is 0. The molecule has 1 saturated carbocycles. The third-order valence-corrected chi connectivity index (χ3v) is 2.53. The van der Waals surface area contributed by atoms with E-state index in [1.165, 1.54) is 0 Å². The molecule has 1 amide bonds. The molecule has 0 spiro atoms. The lowest BCUT2D eigenvalue weighted by molar-refractivity contribution is -0.125. The molecule has 1 fully saturated rings. The summed E-state index contributed by atoms with van der Waals surface area (Å²) in [6.45, 7) is 1.84. The maximum atomic E-state index is 11.3. The van der Waals surface area contributed by atoms with Crippen LogP contribution in [0.5, 0.6) is 0 Å². The van der Waals surface area contributed by atoms with Gasteiger partial charge in [-0.1, -0.05) is 0 Å². The molecule has 1 unspecified atom stereocenters. The molecule has 0 heterocycles. The lowest BCUT2D eigenvalue weighted by Gasteiger charge is -2.41. The quantitative estimate of drug-likeness (QED) is 0.567. The Morgan fingerprint density at radius 3 is 2.62 bits per heavy atom. The first-order valence-electron chi connectivity index (χ1n) is 4.75. The van der Waals surface area contributed by atoms with Gasteiger partial charge in [0.15, 0.2) is 0 Å². The molecule has 0 aromatic carbocycles. The van der Waals surface area contributed by atoms with Gasteiger partial charge in [0.2, 0.25) is 5.91 Å². The maximum absolute atomic E-state index is 11.3. The van der Waals surface area contributed by atoms with E-state index < -0.39 is 0 Å². The van der Waals surface area contributed by atoms with Crippen LogP contribution in [-0.4, -0.2) is 29.2 Å². The fourth-order valence-corrected chi connectivity index (χ4v) is 1.57. The van der Waals surface area contributed by atoms with E-state index in [-0.39, 0.29) is 24.1 Å². The standard InChI is InChI=1S/C9H18N2O2/c1-7(10)5-8(13)11-9(6-12)3-2-4-9/h7,12H,2-6,10H2,1H3,(H,11,13). The van der Waals surface area contributed by atoms with E-state index in [1.807, 2.05) is 0 Å². The molecule has 0 radical (unpaired) electrons. The molecule has 1 atom stereocenters. The Bertz CT molecular complexity index is 183. The number of amides is 1. The third-order valence-electron chi connectivity index (χ3n) is 2.53. The average molecular weight is 186 g/mol. The molecule has 0 aromatic heterocycles. The maximum Gasteiger partial charge on any atom is 0.222 e. The monoisotopic (exact) mass is 186 g/mol. The van der Waals surface area contributed by atoms with Crippen molar-refractivity contribution in [3.63, 3.8) is 0 Å². The molecule has 13 heavy (non-hydrogen) atoms. The van der Waals surface area contributed by atoms with Crippen molar-refractivity contribution in [3.05, 3.63) is 0 Å². The van der Waals surface area contributed by atoms with Gasteiger partial charge in [-0.3, -0.25) is 4.79 Å². The zero-order chi connectivity index (χ0) is 9.90. The smallest absolute Gasteiger partial charge is 0.222 e. The van der Waals surface area contributed by atoms with Crippen molar-refractivity contribution in [2.75, 3.05) is 6.61 Å². The summed E-state index contributed by atoms with van der Waals surface area (Å²) in [5.74, 6) is -0.0521. The molecule has 0 aliphatic heterocycles. The van der Waals surface area contributed by atoms with Crippen LogP contribution in [0, 0.1) is 0 Å². The van der Waals surface area contributed by atoms with Crippen LogP contribution in [0.4, 0.5) is 0 Å². The van der Waals surface area contributed by atoms with E-state index >= 15 is 0 Å². The van der Waals surface area contributed by atoms with Gasteiger partial charge in [-0.2, -0.15) is 0 Å². The number of nitrogens with two attached hydrogens (primary N) is 1. The van der Waals surface area contributed by atoms with E-state index in [0.717, 1.165) is 19.3 Å². The number of nitrogens with one attached hydrogen (secondary N) is 1. The van der Waals surface area contributed by atoms with Gasteiger partial charge in [-0.15, -0.1) is 0 Å². The van der Waals surface area contributed by atoms with E-state index in [1.54, 1.807) is 6.92 Å². The molecule has 4 N–H and O–H groups in total. The Labute approximate surface area is 78.5 Å². The molecular weight excluding hydrogens is 168 g/mol. The first kappa shape index (κ1) is 10.5. The van der Waals surface area contributed by atoms with Crippen LogP contribution in [-0.2, 0) is 4.79 Å². The van der Waals surface area contributed by atoms with Crippen LogP contribution >= 0.6 is 0 Å². The van der Waals surface area contributed by atoms with Crippen molar-refractivity contribution < 1.29 is 9.90 Å². The fraction of sp³-hybridized carbons (Fsp3) is 0.889. The lowest BCUT2D eigenvalue weighted by Crippen LogP contribution is -2.56. The number of hydrogen-bond acceptors (Lipinski definition) is 3. The summed E-state index contributed by atoms with van der Waals surface area (Å²) in [5.41, 5.74) is 5.16. The van der Waals surface area contributed by atoms with Crippen molar-refractivity contribution in [2.45, 2.75) is 44.2 Å². The molecule has 0 saturated heterocycles. The first-order valence-corrected chi connectivity index (χ1v) is 4.75. The zero-order valence-electron chi connectivity index (χ0n) is 8.05. The first-order chi connectivity index (χ1) is 6.08. The Morgan fingerprint density at radius 2 is 2.31 bits per heavy atom. The van der Waals surface area contributed by atoms with Crippen LogP contribution in [0.3, 0.4) is 0 Å². The molecule has 1 aliphatic rings. The summed E-state index contributed by atoms with van der Waals surface area (Å²) < 4.78 is 0. The molecule has 0 bridgehead atoms. The minimum Gasteiger partial charge on any atom is -0.394 e. The largest absolute Gasteiger partial charge is 0.394 e. The summed E-state index contributed by atoms with van der Waals surface area (Å²) in [5, 5.41) is 11.9. The second-order valence-corrected chi connectivity index (χ2v) is 4.02. The third kappa shape index (κ3) is 2.67. The van der Waals surface area contributed by atoms with E-state index in [0.29, 0.717) is 6.42 Å². The molecule has 0 aromatic rings. The van der Waals surface area contributed by atoms with E-state index in [9.17, 15) is 4.79 Å². The van der Waals surface area contributed by atoms with Gasteiger partial charge in [0.05, 0.1) is 12.1 Å². The topological polar surface area (TPSA) is 75.4 Å². The van der Waals surface area contributed by atoms with Gasteiger partial charge in [0, 0.05) is 12.5 Å². The van der Waals surface area contributed by atoms with E-state index in [4.69, 9.17) is 10.8 Å². The minimum absolute atomic E-state index is 0.0394. The van der Waals surface area contributed by atoms with Crippen LogP contribution in [0.25, 0.3) is 0 Å². The van der Waals surface area contributed by atoms with Gasteiger partial charge >= 0.3 is 0 Å². The van der Waals surface area contributed by atoms with Crippen molar-refractivity contribution in [1.82, 2.24) is 5.32 Å². The number of aliphatic hydroxyl groups is 1. The highest BCUT2D eigenvalue weighted by molar-refractivity contribution is 5.77. The average Bonchev–Trinajstić information content (AvgIpc) is 1.95. The highest BCUT2D eigenvalue weighted by Gasteiger charge is 2.37. The number of carbonyl (C=O) groups excluding carboxylic acids is 1. The summed E-state index contributed by atoms with van der Waals surface area (Å²) in [6, 6.07) is -0.115. The second kappa shape index (κ2) is 4.07. The number of carbonyl (C=O) groups is 1. The number of hydrogen-bond donors (Lipinski definition) is 3. The Balaban J connectivity index is 2.34. The minimum atomic E-state index is -0.327. The van der Waals surface area contributed by atoms with Gasteiger partial charge in [0.1, 0.15) is 0 Å². The van der Waals surface area contributed by atoms with Crippen molar-refractivity contribution >= 4 is 5.91 Å². The van der Waals surface area contributed by atoms with Crippen molar-refractivity contribution in [1.29, 1.82) is 0 Å². The van der Waals surface area contributed by atoms with Gasteiger partial charge in [-0.25, -0.2) is 0 Å². The molecular formula is C9H18N2O2. The van der Waals surface area contributed by atoms with Gasteiger partial charge < -0.3 is 16.2 Å². The van der Waals surface area contributed by atoms with Crippen molar-refractivity contribution in [2.24, 2.45) is 5.73 Å².